The summed E-state index contributed by atoms with van der Waals surface area (Å²) < 4.78 is 33.9. The number of anilines is 1. The highest BCUT2D eigenvalue weighted by Gasteiger charge is 2.54. The van der Waals surface area contributed by atoms with Crippen LogP contribution in [0.3, 0.4) is 0 Å². The minimum absolute atomic E-state index is 0.0714. The number of phosphoric acid groups is 1. The van der Waals surface area contributed by atoms with Crippen LogP contribution >= 0.6 is 7.82 Å². The van der Waals surface area contributed by atoms with Crippen molar-refractivity contribution in [3.63, 3.8) is 0 Å². The van der Waals surface area contributed by atoms with E-state index >= 15 is 0 Å². The van der Waals surface area contributed by atoms with Crippen LogP contribution in [-0.2, 0) is 23.1 Å². The number of nitrogens with one attached hydrogen (secondary N) is 1. The van der Waals surface area contributed by atoms with Crippen LogP contribution in [0.1, 0.15) is 19.6 Å². The highest BCUT2D eigenvalue weighted by Crippen LogP contribution is 2.53. The van der Waals surface area contributed by atoms with Crippen molar-refractivity contribution in [2.24, 2.45) is 0 Å². The fourth-order valence-electron chi connectivity index (χ4n) is 3.91. The lowest BCUT2D eigenvalue weighted by Crippen LogP contribution is -2.38. The monoisotopic (exact) mass is 509 g/mol. The van der Waals surface area contributed by atoms with E-state index in [1.54, 1.807) is 0 Å². The van der Waals surface area contributed by atoms with E-state index < -0.39 is 75.2 Å². The Morgan fingerprint density at radius 2 is 2.18 bits per heavy atom. The van der Waals surface area contributed by atoms with E-state index in [9.17, 15) is 39.8 Å². The molecule has 0 radical (unpaired) electrons. The molecule has 9 N–H and O–H groups in total. The van der Waals surface area contributed by atoms with Crippen LogP contribution in [0.15, 0.2) is 11.1 Å². The number of aromatic nitrogens is 4. The van der Waals surface area contributed by atoms with Gasteiger partial charge in [0.25, 0.3) is 11.5 Å². The Morgan fingerprint density at radius 1 is 1.47 bits per heavy atom. The van der Waals surface area contributed by atoms with Crippen LogP contribution in [0.4, 0.5) is 5.95 Å². The molecule has 2 fully saturated rings. The van der Waals surface area contributed by atoms with Gasteiger partial charge in [-0.05, 0) is 6.92 Å². The number of H-pyrrole nitrogens is 1. The molecule has 0 bridgehead atoms. The van der Waals surface area contributed by atoms with E-state index in [0.717, 1.165) is 10.9 Å². The summed E-state index contributed by atoms with van der Waals surface area (Å²) in [4.78, 5) is 32.2. The van der Waals surface area contributed by atoms with Gasteiger partial charge < -0.3 is 45.6 Å². The number of ether oxygens (including phenoxy) is 2. The average Bonchev–Trinajstić information content (AvgIpc) is 3.35. The number of rotatable bonds is 7. The number of nitrogens with zero attached hydrogens (tertiary/aromatic N) is 3. The molecular formula is C16H24N5O12P. The molecule has 0 aromatic carbocycles. The molecular weight excluding hydrogens is 485 g/mol. The number of hydrogen-bond donors (Lipinski definition) is 8. The quantitative estimate of drug-likeness (QED) is 0.134. The summed E-state index contributed by atoms with van der Waals surface area (Å²) in [5.74, 6) is -3.03. The maximum atomic E-state index is 12.6. The number of imidazole rings is 1. The average molecular weight is 509 g/mol. The predicted molar refractivity (Wildman–Crippen MR) is 107 cm³/mol. The molecule has 4 heterocycles. The number of aromatic amines is 1. The zero-order valence-corrected chi connectivity index (χ0v) is 18.4. The Labute approximate surface area is 189 Å². The van der Waals surface area contributed by atoms with Gasteiger partial charge in [-0.3, -0.25) is 18.9 Å². The van der Waals surface area contributed by atoms with Crippen molar-refractivity contribution in [3.8, 4) is 0 Å². The highest BCUT2D eigenvalue weighted by atomic mass is 31.2. The number of nitrogens with two attached hydrogens (primary N) is 1. The van der Waals surface area contributed by atoms with E-state index in [2.05, 4.69) is 19.5 Å². The molecule has 2 aromatic heterocycles. The van der Waals surface area contributed by atoms with E-state index in [0.29, 0.717) is 0 Å². The molecule has 0 aliphatic carbocycles. The first-order chi connectivity index (χ1) is 15.8. The van der Waals surface area contributed by atoms with Crippen molar-refractivity contribution in [3.05, 3.63) is 16.7 Å². The minimum atomic E-state index is -5.23. The maximum Gasteiger partial charge on any atom is 0.477 e. The van der Waals surface area contributed by atoms with Gasteiger partial charge in [0.05, 0.1) is 31.6 Å². The van der Waals surface area contributed by atoms with Crippen LogP contribution in [0.5, 0.6) is 0 Å². The number of fused-ring (bicyclic) bond motifs is 1. The van der Waals surface area contributed by atoms with Crippen molar-refractivity contribution in [1.29, 1.82) is 0 Å². The lowest BCUT2D eigenvalue weighted by atomic mass is 10.1. The second-order valence-electron chi connectivity index (χ2n) is 7.95. The smallest absolute Gasteiger partial charge is 0.394 e. The molecule has 34 heavy (non-hydrogen) atoms. The molecule has 2 aliphatic rings. The molecule has 2 aromatic rings. The van der Waals surface area contributed by atoms with Gasteiger partial charge in [-0.2, -0.15) is 4.98 Å². The van der Waals surface area contributed by atoms with Crippen molar-refractivity contribution in [2.45, 2.75) is 62.2 Å². The van der Waals surface area contributed by atoms with Crippen molar-refractivity contribution in [1.82, 2.24) is 19.5 Å². The number of hydrogen-bond acceptors (Lipinski definition) is 14. The van der Waals surface area contributed by atoms with E-state index in [4.69, 9.17) is 19.7 Å². The number of aliphatic hydroxyl groups excluding tert-OH is 4. The Kier molecular flexibility index (Phi) is 6.56. The molecule has 0 saturated carbocycles. The fourth-order valence-corrected chi connectivity index (χ4v) is 5.00. The van der Waals surface area contributed by atoms with Crippen molar-refractivity contribution < 1.29 is 53.5 Å². The summed E-state index contributed by atoms with van der Waals surface area (Å²) in [5, 5.41) is 50.2. The zero-order chi connectivity index (χ0) is 25.0. The zero-order valence-electron chi connectivity index (χ0n) is 17.5. The summed E-state index contributed by atoms with van der Waals surface area (Å²) in [7, 11) is -5.23. The SMILES string of the molecule is CC(O)[C@H]1O[C@](O)(OP(=O)(O)O[C@H]2[C@@H](O)[C@H](n3cnc4c(=O)[nH]c(N)nc43)O[C@@H]2CO)C[C@@H]1O. The van der Waals surface area contributed by atoms with E-state index in [1.807, 2.05) is 0 Å². The summed E-state index contributed by atoms with van der Waals surface area (Å²) >= 11 is 0. The third-order valence-electron chi connectivity index (χ3n) is 5.37. The standard InChI is InChI=1S/C16H24N5O12P/c1-5(23)10-6(24)2-16(27,31-10)33-34(28,29)32-11-7(3-22)30-14(9(11)25)21-4-18-8-12(21)19-15(17)20-13(8)26/h4-7,9-11,14,22-25,27H,2-3H2,1H3,(H,28,29)(H3,17,19,20,26)/t5?,6-,7+,9+,10+,11+,14+,16-/m0/s1. The Bertz CT molecular complexity index is 1160. The first-order valence-electron chi connectivity index (χ1n) is 9.99. The molecule has 2 unspecified atom stereocenters. The third-order valence-corrected chi connectivity index (χ3v) is 6.39. The summed E-state index contributed by atoms with van der Waals surface area (Å²) in [6.45, 7) is 0.494. The normalized spacial score (nSPS) is 36.7. The van der Waals surface area contributed by atoms with Gasteiger partial charge >= 0.3 is 7.82 Å². The summed E-state index contributed by atoms with van der Waals surface area (Å²) in [6.07, 6.45) is -9.69. The Balaban J connectivity index is 1.54. The fraction of sp³-hybridized carbons (Fsp3) is 0.688. The van der Waals surface area contributed by atoms with Crippen LogP contribution in [0.25, 0.3) is 11.2 Å². The first kappa shape index (κ1) is 25.1. The minimum Gasteiger partial charge on any atom is -0.394 e. The molecule has 17 nitrogen and oxygen atoms in total. The number of nitrogen functional groups attached to an aromatic ring is 1. The van der Waals surface area contributed by atoms with Crippen LogP contribution < -0.4 is 11.3 Å². The third kappa shape index (κ3) is 4.60. The Morgan fingerprint density at radius 3 is 2.79 bits per heavy atom. The molecule has 9 atom stereocenters. The molecule has 190 valence electrons. The van der Waals surface area contributed by atoms with Gasteiger partial charge in [0.2, 0.25) is 5.95 Å². The molecule has 18 heteroatoms. The van der Waals surface area contributed by atoms with Crippen LogP contribution in [0.2, 0.25) is 0 Å². The topological polar surface area (TPSA) is 265 Å². The highest BCUT2D eigenvalue weighted by molar-refractivity contribution is 7.47. The van der Waals surface area contributed by atoms with Gasteiger partial charge in [0, 0.05) is 0 Å². The second kappa shape index (κ2) is 8.89. The Hall–Kier alpha value is -2.02. The lowest BCUT2D eigenvalue weighted by Gasteiger charge is -2.28. The van der Waals surface area contributed by atoms with Gasteiger partial charge in [-0.1, -0.05) is 0 Å². The van der Waals surface area contributed by atoms with Gasteiger partial charge in [-0.25, -0.2) is 14.1 Å². The van der Waals surface area contributed by atoms with Crippen molar-refractivity contribution >= 4 is 24.9 Å². The number of aliphatic hydroxyl groups is 5. The summed E-state index contributed by atoms with van der Waals surface area (Å²) in [5.41, 5.74) is 4.69. The van der Waals surface area contributed by atoms with Gasteiger partial charge in [0.1, 0.15) is 24.4 Å². The summed E-state index contributed by atoms with van der Waals surface area (Å²) in [6, 6.07) is 0. The first-order valence-corrected chi connectivity index (χ1v) is 11.5. The van der Waals surface area contributed by atoms with Crippen LogP contribution in [-0.4, -0.2) is 99.1 Å². The van der Waals surface area contributed by atoms with E-state index in [1.165, 1.54) is 6.92 Å². The predicted octanol–water partition coefficient (Wildman–Crippen LogP) is -3.37. The van der Waals surface area contributed by atoms with Gasteiger partial charge in [0.15, 0.2) is 17.4 Å². The molecule has 2 saturated heterocycles. The molecule has 0 amide bonds. The molecule has 2 aliphatic heterocycles. The van der Waals surface area contributed by atoms with Crippen LogP contribution in [0, 0.1) is 0 Å². The maximum absolute atomic E-state index is 12.6. The largest absolute Gasteiger partial charge is 0.477 e. The van der Waals surface area contributed by atoms with E-state index in [-0.39, 0.29) is 17.1 Å². The number of phosphoric ester groups is 1. The molecule has 0 spiro atoms. The second-order valence-corrected chi connectivity index (χ2v) is 9.28. The lowest BCUT2D eigenvalue weighted by molar-refractivity contribution is -0.321. The molecule has 4 rings (SSSR count). The van der Waals surface area contributed by atoms with Crippen molar-refractivity contribution in [2.75, 3.05) is 12.3 Å². The van der Waals surface area contributed by atoms with Gasteiger partial charge in [-0.15, -0.1) is 0 Å².